The average molecular weight is 314 g/mol. The molecule has 2 aromatic carbocycles. The number of hydrogen-bond acceptors (Lipinski definition) is 3. The minimum absolute atomic E-state index is 0.0179. The Labute approximate surface area is 136 Å². The van der Waals surface area contributed by atoms with Crippen molar-refractivity contribution in [3.8, 4) is 5.75 Å². The molecule has 0 radical (unpaired) electrons. The summed E-state index contributed by atoms with van der Waals surface area (Å²) in [4.78, 5) is 11.7. The van der Waals surface area contributed by atoms with Crippen LogP contribution in [0.1, 0.15) is 22.3 Å². The summed E-state index contributed by atoms with van der Waals surface area (Å²) in [6, 6.07) is 12.9. The number of carbonyl (C=O) groups is 1. The van der Waals surface area contributed by atoms with Crippen LogP contribution in [-0.4, -0.2) is 17.9 Å². The second-order valence-corrected chi connectivity index (χ2v) is 5.37. The standard InChI is InChI=1S/C18H22N2O3/c1-13-3-8-17(9-14(13)2)23-12-20-18(22)19-10-15-4-6-16(11-21)7-5-15/h3-9,21H,10-12H2,1-2H3,(H2,19,20,22). The van der Waals surface area contributed by atoms with Crippen LogP contribution in [0.5, 0.6) is 5.75 Å². The lowest BCUT2D eigenvalue weighted by molar-refractivity contribution is 0.223. The normalized spacial score (nSPS) is 10.2. The van der Waals surface area contributed by atoms with Crippen LogP contribution >= 0.6 is 0 Å². The molecule has 0 unspecified atom stereocenters. The molecular formula is C18H22N2O3. The Balaban J connectivity index is 1.71. The maximum Gasteiger partial charge on any atom is 0.317 e. The Morgan fingerprint density at radius 2 is 1.70 bits per heavy atom. The van der Waals surface area contributed by atoms with Crippen LogP contribution in [0.4, 0.5) is 4.79 Å². The van der Waals surface area contributed by atoms with Crippen LogP contribution in [0.3, 0.4) is 0 Å². The zero-order valence-corrected chi connectivity index (χ0v) is 13.4. The van der Waals surface area contributed by atoms with E-state index in [1.54, 1.807) is 0 Å². The third kappa shape index (κ3) is 5.30. The minimum atomic E-state index is -0.292. The number of aliphatic hydroxyl groups excluding tert-OH is 1. The van der Waals surface area contributed by atoms with Crippen molar-refractivity contribution in [2.75, 3.05) is 6.73 Å². The maximum absolute atomic E-state index is 11.7. The van der Waals surface area contributed by atoms with Gasteiger partial charge in [-0.3, -0.25) is 0 Å². The molecular weight excluding hydrogens is 292 g/mol. The monoisotopic (exact) mass is 314 g/mol. The lowest BCUT2D eigenvalue weighted by Crippen LogP contribution is -2.37. The maximum atomic E-state index is 11.7. The number of aliphatic hydroxyl groups is 1. The van der Waals surface area contributed by atoms with E-state index < -0.39 is 0 Å². The summed E-state index contributed by atoms with van der Waals surface area (Å²) in [5.74, 6) is 0.730. The molecule has 0 atom stereocenters. The fourth-order valence-corrected chi connectivity index (χ4v) is 2.00. The number of carbonyl (C=O) groups excluding carboxylic acids is 1. The van der Waals surface area contributed by atoms with E-state index in [2.05, 4.69) is 10.6 Å². The highest BCUT2D eigenvalue weighted by atomic mass is 16.5. The van der Waals surface area contributed by atoms with E-state index in [0.29, 0.717) is 6.54 Å². The van der Waals surface area contributed by atoms with Crippen LogP contribution in [0.25, 0.3) is 0 Å². The molecule has 0 bridgehead atoms. The largest absolute Gasteiger partial charge is 0.473 e. The molecule has 0 saturated carbocycles. The van der Waals surface area contributed by atoms with Gasteiger partial charge in [-0.05, 0) is 48.2 Å². The average Bonchev–Trinajstić information content (AvgIpc) is 2.56. The Hall–Kier alpha value is -2.53. The van der Waals surface area contributed by atoms with Gasteiger partial charge in [0.25, 0.3) is 0 Å². The first-order valence-electron chi connectivity index (χ1n) is 7.49. The van der Waals surface area contributed by atoms with Gasteiger partial charge in [-0.2, -0.15) is 0 Å². The van der Waals surface area contributed by atoms with Crippen molar-refractivity contribution < 1.29 is 14.6 Å². The van der Waals surface area contributed by atoms with Gasteiger partial charge in [0.2, 0.25) is 0 Å². The zero-order chi connectivity index (χ0) is 16.7. The number of aryl methyl sites for hydroxylation is 2. The number of rotatable bonds is 6. The molecule has 2 aromatic rings. The SMILES string of the molecule is Cc1ccc(OCNC(=O)NCc2ccc(CO)cc2)cc1C. The lowest BCUT2D eigenvalue weighted by atomic mass is 10.1. The second kappa shape index (κ2) is 8.19. The van der Waals surface area contributed by atoms with Crippen molar-refractivity contribution in [2.45, 2.75) is 27.0 Å². The highest BCUT2D eigenvalue weighted by Crippen LogP contribution is 2.15. The van der Waals surface area contributed by atoms with Gasteiger partial charge in [-0.1, -0.05) is 30.3 Å². The van der Waals surface area contributed by atoms with E-state index in [0.717, 1.165) is 22.4 Å². The third-order valence-corrected chi connectivity index (χ3v) is 3.61. The van der Waals surface area contributed by atoms with Gasteiger partial charge < -0.3 is 20.5 Å². The van der Waals surface area contributed by atoms with E-state index in [9.17, 15) is 4.79 Å². The van der Waals surface area contributed by atoms with Gasteiger partial charge in [0.1, 0.15) is 5.75 Å². The highest BCUT2D eigenvalue weighted by Gasteiger charge is 2.02. The van der Waals surface area contributed by atoms with Gasteiger partial charge in [-0.25, -0.2) is 4.79 Å². The molecule has 0 saturated heterocycles. The van der Waals surface area contributed by atoms with Crippen molar-refractivity contribution in [3.05, 3.63) is 64.7 Å². The van der Waals surface area contributed by atoms with Crippen molar-refractivity contribution in [1.82, 2.24) is 10.6 Å². The second-order valence-electron chi connectivity index (χ2n) is 5.37. The Bertz CT molecular complexity index is 654. The first-order chi connectivity index (χ1) is 11.1. The van der Waals surface area contributed by atoms with Crippen molar-refractivity contribution in [1.29, 1.82) is 0 Å². The summed E-state index contributed by atoms with van der Waals surface area (Å²) in [6.07, 6.45) is 0. The fourth-order valence-electron chi connectivity index (χ4n) is 2.00. The molecule has 5 heteroatoms. The first kappa shape index (κ1) is 16.8. The fraction of sp³-hybridized carbons (Fsp3) is 0.278. The van der Waals surface area contributed by atoms with E-state index >= 15 is 0 Å². The van der Waals surface area contributed by atoms with Crippen LogP contribution in [-0.2, 0) is 13.2 Å². The van der Waals surface area contributed by atoms with Crippen molar-refractivity contribution in [3.63, 3.8) is 0 Å². The molecule has 0 fully saturated rings. The van der Waals surface area contributed by atoms with Crippen LogP contribution < -0.4 is 15.4 Å². The molecule has 23 heavy (non-hydrogen) atoms. The summed E-state index contributed by atoms with van der Waals surface area (Å²) in [6.45, 7) is 4.60. The number of ether oxygens (including phenoxy) is 1. The molecule has 0 spiro atoms. The summed E-state index contributed by atoms with van der Waals surface area (Å²) < 4.78 is 5.50. The van der Waals surface area contributed by atoms with E-state index in [4.69, 9.17) is 9.84 Å². The Morgan fingerprint density at radius 3 is 2.35 bits per heavy atom. The zero-order valence-electron chi connectivity index (χ0n) is 13.4. The predicted octanol–water partition coefficient (Wildman–Crippen LogP) is 2.63. The van der Waals surface area contributed by atoms with Crippen molar-refractivity contribution in [2.24, 2.45) is 0 Å². The number of hydrogen-bond donors (Lipinski definition) is 3. The highest BCUT2D eigenvalue weighted by molar-refractivity contribution is 5.73. The lowest BCUT2D eigenvalue weighted by Gasteiger charge is -2.10. The molecule has 0 aliphatic heterocycles. The van der Waals surface area contributed by atoms with E-state index in [1.165, 1.54) is 5.56 Å². The van der Waals surface area contributed by atoms with Crippen LogP contribution in [0.2, 0.25) is 0 Å². The number of amides is 2. The number of nitrogens with one attached hydrogen (secondary N) is 2. The quantitative estimate of drug-likeness (QED) is 0.718. The summed E-state index contributed by atoms with van der Waals surface area (Å²) in [5.41, 5.74) is 4.17. The van der Waals surface area contributed by atoms with Crippen molar-refractivity contribution >= 4 is 6.03 Å². The Morgan fingerprint density at radius 1 is 1.00 bits per heavy atom. The van der Waals surface area contributed by atoms with Gasteiger partial charge >= 0.3 is 6.03 Å². The summed E-state index contributed by atoms with van der Waals surface area (Å²) in [7, 11) is 0. The molecule has 5 nitrogen and oxygen atoms in total. The van der Waals surface area contributed by atoms with Crippen LogP contribution in [0.15, 0.2) is 42.5 Å². The van der Waals surface area contributed by atoms with Gasteiger partial charge in [0, 0.05) is 6.54 Å². The summed E-state index contributed by atoms with van der Waals surface area (Å²) in [5, 5.41) is 14.4. The smallest absolute Gasteiger partial charge is 0.317 e. The predicted molar refractivity (Wildman–Crippen MR) is 89.1 cm³/mol. The van der Waals surface area contributed by atoms with Gasteiger partial charge in [0.15, 0.2) is 6.73 Å². The molecule has 0 aliphatic carbocycles. The number of benzene rings is 2. The Kier molecular flexibility index (Phi) is 6.00. The molecule has 2 amide bonds. The van der Waals surface area contributed by atoms with Crippen LogP contribution in [0, 0.1) is 13.8 Å². The van der Waals surface area contributed by atoms with E-state index in [-0.39, 0.29) is 19.4 Å². The molecule has 0 aliphatic rings. The minimum Gasteiger partial charge on any atom is -0.473 e. The number of urea groups is 1. The molecule has 122 valence electrons. The van der Waals surface area contributed by atoms with E-state index in [1.807, 2.05) is 56.3 Å². The molecule has 0 heterocycles. The topological polar surface area (TPSA) is 70.6 Å². The molecule has 2 rings (SSSR count). The molecule has 3 N–H and O–H groups in total. The third-order valence-electron chi connectivity index (χ3n) is 3.61. The first-order valence-corrected chi connectivity index (χ1v) is 7.49. The molecule has 0 aromatic heterocycles. The van der Waals surface area contributed by atoms with Gasteiger partial charge in [-0.15, -0.1) is 0 Å². The van der Waals surface area contributed by atoms with Gasteiger partial charge in [0.05, 0.1) is 6.61 Å². The summed E-state index contributed by atoms with van der Waals surface area (Å²) >= 11 is 0.